The molecule has 0 heterocycles. The van der Waals surface area contributed by atoms with Gasteiger partial charge in [-0.15, -0.1) is 0 Å². The Bertz CT molecular complexity index is 669. The highest BCUT2D eigenvalue weighted by Gasteiger charge is 2.72. The summed E-state index contributed by atoms with van der Waals surface area (Å²) in [5.41, 5.74) is -6.07. The van der Waals surface area contributed by atoms with Crippen molar-refractivity contribution < 1.29 is 36.0 Å². The molecule has 0 saturated heterocycles. The van der Waals surface area contributed by atoms with Crippen LogP contribution in [-0.2, 0) is 5.67 Å². The van der Waals surface area contributed by atoms with Crippen LogP contribution in [0, 0.1) is 0 Å². The molecule has 0 saturated carbocycles. The Labute approximate surface area is 137 Å². The molecule has 4 nitrogen and oxygen atoms in total. The first-order valence-electron chi connectivity index (χ1n) is 6.66. The van der Waals surface area contributed by atoms with Crippen molar-refractivity contribution in [1.29, 1.82) is 0 Å². The lowest BCUT2D eigenvalue weighted by Crippen LogP contribution is -2.53. The molecule has 2 aromatic carbocycles. The van der Waals surface area contributed by atoms with Gasteiger partial charge in [0.25, 0.3) is 0 Å². The van der Waals surface area contributed by atoms with Gasteiger partial charge in [0.05, 0.1) is 0 Å². The van der Waals surface area contributed by atoms with E-state index in [1.807, 2.05) is 0 Å². The summed E-state index contributed by atoms with van der Waals surface area (Å²) in [6, 6.07) is 6.79. The van der Waals surface area contributed by atoms with Crippen LogP contribution in [0.1, 0.15) is 11.1 Å². The van der Waals surface area contributed by atoms with Crippen LogP contribution in [0.2, 0.25) is 0 Å². The number of hydrogen-bond acceptors (Lipinski definition) is 4. The van der Waals surface area contributed by atoms with Gasteiger partial charge in [-0.2, -0.15) is 33.7 Å². The Balaban J connectivity index is 2.69. The van der Waals surface area contributed by atoms with Gasteiger partial charge < -0.3 is 9.68 Å². The van der Waals surface area contributed by atoms with Crippen LogP contribution < -0.4 is 21.5 Å². The second kappa shape index (κ2) is 6.45. The zero-order valence-electron chi connectivity index (χ0n) is 12.4. The SMILES string of the molecule is NOc1ccc(C(F)(c2ccc(ON)cc2)C(F)(F)C(F)(F)F)cc1. The third-order valence-corrected chi connectivity index (χ3v) is 3.57. The molecule has 0 spiro atoms. The zero-order chi connectivity index (χ0) is 18.9. The van der Waals surface area contributed by atoms with Crippen molar-refractivity contribution in [2.45, 2.75) is 17.8 Å². The molecule has 0 aliphatic carbocycles. The highest BCUT2D eigenvalue weighted by atomic mass is 19.4. The predicted molar refractivity (Wildman–Crippen MR) is 75.4 cm³/mol. The summed E-state index contributed by atoms with van der Waals surface area (Å²) in [7, 11) is 0. The summed E-state index contributed by atoms with van der Waals surface area (Å²) in [5, 5.41) is 0. The Morgan fingerprint density at radius 1 is 0.600 bits per heavy atom. The van der Waals surface area contributed by atoms with Crippen LogP contribution in [0.5, 0.6) is 11.5 Å². The number of nitrogens with two attached hydrogens (primary N) is 2. The van der Waals surface area contributed by atoms with Crippen molar-refractivity contribution in [1.82, 2.24) is 0 Å². The maximum atomic E-state index is 15.4. The van der Waals surface area contributed by atoms with Crippen molar-refractivity contribution in [2.75, 3.05) is 0 Å². The average molecular weight is 366 g/mol. The fourth-order valence-electron chi connectivity index (χ4n) is 2.25. The van der Waals surface area contributed by atoms with Crippen LogP contribution >= 0.6 is 0 Å². The number of alkyl halides is 6. The second-order valence-corrected chi connectivity index (χ2v) is 5.02. The molecule has 0 amide bonds. The van der Waals surface area contributed by atoms with E-state index in [4.69, 9.17) is 11.8 Å². The smallest absolute Gasteiger partial charge is 0.412 e. The molecule has 0 bridgehead atoms. The molecule has 0 aromatic heterocycles. The van der Waals surface area contributed by atoms with Gasteiger partial charge >= 0.3 is 12.1 Å². The van der Waals surface area contributed by atoms with Crippen LogP contribution in [-0.4, -0.2) is 12.1 Å². The summed E-state index contributed by atoms with van der Waals surface area (Å²) in [6.45, 7) is 0. The highest BCUT2D eigenvalue weighted by molar-refractivity contribution is 5.43. The van der Waals surface area contributed by atoms with E-state index >= 15 is 4.39 Å². The minimum Gasteiger partial charge on any atom is -0.412 e. The number of benzene rings is 2. The van der Waals surface area contributed by atoms with Gasteiger partial charge in [0.2, 0.25) is 5.67 Å². The molecule has 0 aliphatic rings. The molecule has 0 radical (unpaired) electrons. The lowest BCUT2D eigenvalue weighted by Gasteiger charge is -2.35. The Kier molecular flexibility index (Phi) is 4.87. The second-order valence-electron chi connectivity index (χ2n) is 5.02. The molecule has 10 heteroatoms. The molecular weight excluding hydrogens is 354 g/mol. The van der Waals surface area contributed by atoms with Gasteiger partial charge in [-0.3, -0.25) is 0 Å². The molecular formula is C15H12F6N2O2. The summed E-state index contributed by atoms with van der Waals surface area (Å²) in [6.07, 6.45) is -6.15. The average Bonchev–Trinajstić information content (AvgIpc) is 2.60. The van der Waals surface area contributed by atoms with Gasteiger partial charge in [-0.1, -0.05) is 24.3 Å². The highest BCUT2D eigenvalue weighted by Crippen LogP contribution is 2.54. The van der Waals surface area contributed by atoms with Crippen molar-refractivity contribution >= 4 is 0 Å². The van der Waals surface area contributed by atoms with Crippen molar-refractivity contribution in [2.24, 2.45) is 11.8 Å². The van der Waals surface area contributed by atoms with E-state index < -0.39 is 28.9 Å². The first-order valence-corrected chi connectivity index (χ1v) is 6.66. The molecule has 4 N–H and O–H groups in total. The van der Waals surface area contributed by atoms with E-state index in [0.29, 0.717) is 0 Å². The van der Waals surface area contributed by atoms with E-state index in [9.17, 15) is 22.0 Å². The molecule has 136 valence electrons. The van der Waals surface area contributed by atoms with Gasteiger partial charge in [-0.05, 0) is 24.3 Å². The van der Waals surface area contributed by atoms with E-state index in [1.54, 1.807) is 0 Å². The fourth-order valence-corrected chi connectivity index (χ4v) is 2.25. The summed E-state index contributed by atoms with van der Waals surface area (Å²) < 4.78 is 82.3. The summed E-state index contributed by atoms with van der Waals surface area (Å²) in [4.78, 5) is 8.62. The van der Waals surface area contributed by atoms with Gasteiger partial charge in [-0.25, -0.2) is 4.39 Å². The number of hydrogen-bond donors (Lipinski definition) is 2. The largest absolute Gasteiger partial charge is 0.457 e. The van der Waals surface area contributed by atoms with E-state index in [0.717, 1.165) is 48.5 Å². The first-order chi connectivity index (χ1) is 11.6. The monoisotopic (exact) mass is 366 g/mol. The summed E-state index contributed by atoms with van der Waals surface area (Å²) in [5.74, 6) is 3.90. The van der Waals surface area contributed by atoms with E-state index in [-0.39, 0.29) is 11.5 Å². The fraction of sp³-hybridized carbons (Fsp3) is 0.200. The minimum absolute atomic E-state index is 0.0479. The van der Waals surface area contributed by atoms with Crippen LogP contribution in [0.15, 0.2) is 48.5 Å². The topological polar surface area (TPSA) is 70.5 Å². The van der Waals surface area contributed by atoms with Crippen molar-refractivity contribution in [3.05, 3.63) is 59.7 Å². The maximum absolute atomic E-state index is 15.4. The van der Waals surface area contributed by atoms with Crippen molar-refractivity contribution in [3.8, 4) is 11.5 Å². The minimum atomic E-state index is -6.15. The predicted octanol–water partition coefficient (Wildman–Crippen LogP) is 3.60. The molecule has 25 heavy (non-hydrogen) atoms. The van der Waals surface area contributed by atoms with Crippen LogP contribution in [0.25, 0.3) is 0 Å². The number of rotatable bonds is 5. The van der Waals surface area contributed by atoms with E-state index in [2.05, 4.69) is 9.68 Å². The maximum Gasteiger partial charge on any atom is 0.457 e. The standard InChI is InChI=1S/C15H12F6N2O2/c16-13(14(17,18)15(19,20)21,9-1-5-11(24-22)6-2-9)10-3-7-12(25-23)8-4-10/h1-8H,22-23H2. The van der Waals surface area contributed by atoms with Crippen LogP contribution in [0.3, 0.4) is 0 Å². The van der Waals surface area contributed by atoms with Crippen molar-refractivity contribution in [3.63, 3.8) is 0 Å². The van der Waals surface area contributed by atoms with Gasteiger partial charge in [0.15, 0.2) is 0 Å². The molecule has 0 atom stereocenters. The lowest BCUT2D eigenvalue weighted by molar-refractivity contribution is -0.323. The molecule has 2 rings (SSSR count). The molecule has 0 unspecified atom stereocenters. The third-order valence-electron chi connectivity index (χ3n) is 3.57. The lowest BCUT2D eigenvalue weighted by atomic mass is 9.82. The zero-order valence-corrected chi connectivity index (χ0v) is 12.4. The van der Waals surface area contributed by atoms with Crippen LogP contribution in [0.4, 0.5) is 26.3 Å². The van der Waals surface area contributed by atoms with Gasteiger partial charge in [0.1, 0.15) is 11.5 Å². The first kappa shape index (κ1) is 18.9. The molecule has 0 fully saturated rings. The Hall–Kier alpha value is -2.46. The molecule has 0 aliphatic heterocycles. The quantitative estimate of drug-likeness (QED) is 0.627. The van der Waals surface area contributed by atoms with E-state index in [1.165, 1.54) is 0 Å². The Morgan fingerprint density at radius 2 is 0.920 bits per heavy atom. The molecule has 2 aromatic rings. The van der Waals surface area contributed by atoms with Gasteiger partial charge in [0, 0.05) is 11.1 Å². The Morgan fingerprint density at radius 3 is 1.16 bits per heavy atom. The number of halogens is 6. The normalized spacial score (nSPS) is 12.8. The summed E-state index contributed by atoms with van der Waals surface area (Å²) >= 11 is 0. The third kappa shape index (κ3) is 3.10.